The molecular weight excluding hydrogens is 459 g/mol. The molecule has 1 heterocycles. The van der Waals surface area contributed by atoms with Gasteiger partial charge in [-0.1, -0.05) is 32.1 Å². The third-order valence-corrected chi connectivity index (χ3v) is 4.86. The van der Waals surface area contributed by atoms with Gasteiger partial charge in [-0.05, 0) is 42.2 Å². The molecule has 0 spiro atoms. The van der Waals surface area contributed by atoms with Crippen molar-refractivity contribution in [3.05, 3.63) is 65.3 Å². The fourth-order valence-corrected chi connectivity index (χ4v) is 3.26. The van der Waals surface area contributed by atoms with Gasteiger partial charge in [0.1, 0.15) is 11.6 Å². The summed E-state index contributed by atoms with van der Waals surface area (Å²) in [6.45, 7) is -1.36. The topological polar surface area (TPSA) is 63.9 Å². The first kappa shape index (κ1) is 27.0. The summed E-state index contributed by atoms with van der Waals surface area (Å²) in [6, 6.07) is 4.78. The normalized spacial score (nSPS) is 13.7. The van der Waals surface area contributed by atoms with Crippen LogP contribution in [0.3, 0.4) is 0 Å². The van der Waals surface area contributed by atoms with Crippen LogP contribution in [0.2, 0.25) is 0 Å². The lowest BCUT2D eigenvalue weighted by Crippen LogP contribution is -2.09. The maximum Gasteiger partial charge on any atom is 0.388 e. The molecule has 0 aliphatic carbocycles. The molecule has 0 saturated carbocycles. The molecule has 1 atom stereocenters. The van der Waals surface area contributed by atoms with E-state index in [0.717, 1.165) is 12.3 Å². The van der Waals surface area contributed by atoms with Gasteiger partial charge in [0.25, 0.3) is 0 Å². The second kappa shape index (κ2) is 12.8. The van der Waals surface area contributed by atoms with Gasteiger partial charge in [0.05, 0.1) is 17.9 Å². The van der Waals surface area contributed by atoms with Crippen molar-refractivity contribution in [3.8, 4) is 22.8 Å². The summed E-state index contributed by atoms with van der Waals surface area (Å²) in [5.74, 6) is -2.43. The summed E-state index contributed by atoms with van der Waals surface area (Å²) in [4.78, 5) is 7.85. The highest BCUT2D eigenvalue weighted by molar-refractivity contribution is 5.82. The van der Waals surface area contributed by atoms with Gasteiger partial charge in [-0.2, -0.15) is 17.6 Å². The smallest absolute Gasteiger partial charge is 0.388 e. The van der Waals surface area contributed by atoms with Crippen LogP contribution in [0.25, 0.3) is 11.1 Å². The van der Waals surface area contributed by atoms with Crippen LogP contribution in [0.1, 0.15) is 38.7 Å². The third kappa shape index (κ3) is 7.11. The number of allylic oxidation sites excluding steroid dienone is 3. The van der Waals surface area contributed by atoms with E-state index >= 15 is 4.39 Å². The van der Waals surface area contributed by atoms with E-state index in [4.69, 9.17) is 0 Å². The van der Waals surface area contributed by atoms with Gasteiger partial charge in [0.15, 0.2) is 0 Å². The number of aliphatic hydroxyl groups is 1. The first-order valence-electron chi connectivity index (χ1n) is 10.4. The zero-order chi connectivity index (χ0) is 25.3. The molecule has 184 valence electrons. The van der Waals surface area contributed by atoms with E-state index in [1.165, 1.54) is 24.4 Å². The van der Waals surface area contributed by atoms with Crippen molar-refractivity contribution in [2.45, 2.75) is 46.3 Å². The number of benzene rings is 1. The summed E-state index contributed by atoms with van der Waals surface area (Å²) < 4.78 is 75.6. The molecule has 1 aromatic carbocycles. The van der Waals surface area contributed by atoms with Gasteiger partial charge in [-0.3, -0.25) is 4.99 Å². The zero-order valence-corrected chi connectivity index (χ0v) is 18.8. The lowest BCUT2D eigenvalue weighted by Gasteiger charge is -2.19. The predicted octanol–water partition coefficient (Wildman–Crippen LogP) is 6.50. The quantitative estimate of drug-likeness (QED) is 0.292. The first-order chi connectivity index (χ1) is 16.2. The molecule has 2 aromatic rings. The Morgan fingerprint density at radius 3 is 2.44 bits per heavy atom. The number of alkyl halides is 4. The Morgan fingerprint density at radius 1 is 1.15 bits per heavy atom. The highest BCUT2D eigenvalue weighted by atomic mass is 19.3. The second-order valence-electron chi connectivity index (χ2n) is 7.01. The van der Waals surface area contributed by atoms with Crippen LogP contribution in [0.4, 0.5) is 22.0 Å². The lowest BCUT2D eigenvalue weighted by molar-refractivity contribution is -0.0528. The van der Waals surface area contributed by atoms with E-state index in [2.05, 4.69) is 19.5 Å². The van der Waals surface area contributed by atoms with E-state index in [1.807, 2.05) is 6.92 Å². The number of nitrogens with zero attached hydrogens (tertiary/aromatic N) is 2. The Morgan fingerprint density at radius 2 is 1.85 bits per heavy atom. The van der Waals surface area contributed by atoms with Crippen molar-refractivity contribution in [2.75, 3.05) is 6.61 Å². The molecule has 10 heteroatoms. The molecule has 0 amide bonds. The molecule has 0 radical (unpaired) electrons. The molecule has 2 rings (SSSR count). The Labute approximate surface area is 194 Å². The number of aliphatic hydroxyl groups excluding tert-OH is 1. The number of rotatable bonds is 11. The van der Waals surface area contributed by atoms with Gasteiger partial charge in [0, 0.05) is 24.4 Å². The van der Waals surface area contributed by atoms with Crippen LogP contribution in [-0.2, 0) is 0 Å². The molecule has 5 nitrogen and oxygen atoms in total. The van der Waals surface area contributed by atoms with E-state index in [1.54, 1.807) is 26.0 Å². The van der Waals surface area contributed by atoms with Crippen molar-refractivity contribution in [1.29, 1.82) is 0 Å². The van der Waals surface area contributed by atoms with Crippen molar-refractivity contribution in [2.24, 2.45) is 4.99 Å². The zero-order valence-electron chi connectivity index (χ0n) is 18.8. The maximum absolute atomic E-state index is 15.7. The van der Waals surface area contributed by atoms with E-state index < -0.39 is 36.6 Å². The van der Waals surface area contributed by atoms with E-state index in [0.29, 0.717) is 17.7 Å². The summed E-state index contributed by atoms with van der Waals surface area (Å²) in [6.07, 6.45) is 6.70. The number of ether oxygens (including phenoxy) is 2. The van der Waals surface area contributed by atoms with Gasteiger partial charge in [-0.25, -0.2) is 9.37 Å². The van der Waals surface area contributed by atoms with Gasteiger partial charge >= 0.3 is 13.2 Å². The standard InChI is InChI=1S/C24H25F5N2O3/c1-4-6-17(13-32)31-12-15(5-2)14(3)18-7-8-19(33-23(26)27)21(22(18)25)16-9-10-30-20(11-16)34-24(28)29/h5-12,14,23-24,32H,4,13H2,1-3H3/b15-5+,17-6+,31-12+/t14-/m0/s1. The van der Waals surface area contributed by atoms with Crippen LogP contribution >= 0.6 is 0 Å². The van der Waals surface area contributed by atoms with Crippen LogP contribution in [0.15, 0.2) is 58.9 Å². The van der Waals surface area contributed by atoms with Gasteiger partial charge < -0.3 is 14.6 Å². The molecular formula is C24H25F5N2O3. The highest BCUT2D eigenvalue weighted by Crippen LogP contribution is 2.39. The minimum atomic E-state index is -3.24. The van der Waals surface area contributed by atoms with Gasteiger partial charge in [-0.15, -0.1) is 0 Å². The second-order valence-corrected chi connectivity index (χ2v) is 7.01. The molecule has 0 aliphatic rings. The number of aromatic nitrogens is 1. The molecule has 34 heavy (non-hydrogen) atoms. The predicted molar refractivity (Wildman–Crippen MR) is 119 cm³/mol. The molecule has 1 N–H and O–H groups in total. The van der Waals surface area contributed by atoms with Crippen molar-refractivity contribution >= 4 is 6.21 Å². The fourth-order valence-electron chi connectivity index (χ4n) is 3.26. The first-order valence-corrected chi connectivity index (χ1v) is 10.4. The molecule has 0 saturated heterocycles. The van der Waals surface area contributed by atoms with Crippen LogP contribution in [-0.4, -0.2) is 36.1 Å². The average Bonchev–Trinajstić information content (AvgIpc) is 2.78. The van der Waals surface area contributed by atoms with Crippen molar-refractivity contribution in [3.63, 3.8) is 0 Å². The lowest BCUT2D eigenvalue weighted by atomic mass is 9.89. The Balaban J connectivity index is 2.57. The molecule has 1 aromatic heterocycles. The molecule has 0 unspecified atom stereocenters. The number of hydrogen-bond donors (Lipinski definition) is 1. The van der Waals surface area contributed by atoms with Crippen LogP contribution < -0.4 is 9.47 Å². The summed E-state index contributed by atoms with van der Waals surface area (Å²) in [5, 5.41) is 9.39. The van der Waals surface area contributed by atoms with E-state index in [-0.39, 0.29) is 23.3 Å². The third-order valence-electron chi connectivity index (χ3n) is 4.86. The SMILES string of the molecule is C\C=C(/C=N/C(=C/CC)CO)[C@H](C)c1ccc(OC(F)F)c(-c2ccnc(OC(F)F)c2)c1F. The number of hydrogen-bond acceptors (Lipinski definition) is 5. The molecule has 0 bridgehead atoms. The van der Waals surface area contributed by atoms with Crippen LogP contribution in [0, 0.1) is 5.82 Å². The molecule has 0 aliphatic heterocycles. The fraction of sp³-hybridized carbons (Fsp3) is 0.333. The monoisotopic (exact) mass is 484 g/mol. The minimum Gasteiger partial charge on any atom is -0.434 e. The molecule has 0 fully saturated rings. The Hall–Kier alpha value is -3.27. The maximum atomic E-state index is 15.7. The van der Waals surface area contributed by atoms with Crippen molar-refractivity contribution < 1.29 is 36.5 Å². The Kier molecular flexibility index (Phi) is 10.2. The van der Waals surface area contributed by atoms with Gasteiger partial charge in [0.2, 0.25) is 5.88 Å². The average molecular weight is 484 g/mol. The van der Waals surface area contributed by atoms with E-state index in [9.17, 15) is 22.7 Å². The van der Waals surface area contributed by atoms with Crippen molar-refractivity contribution in [1.82, 2.24) is 4.98 Å². The number of halogens is 5. The number of aliphatic imine (C=N–C) groups is 1. The minimum absolute atomic E-state index is 0.0306. The van der Waals surface area contributed by atoms with Crippen LogP contribution in [0.5, 0.6) is 11.6 Å². The largest absolute Gasteiger partial charge is 0.434 e. The number of pyridine rings is 1. The summed E-state index contributed by atoms with van der Waals surface area (Å²) >= 11 is 0. The highest BCUT2D eigenvalue weighted by Gasteiger charge is 2.23. The summed E-state index contributed by atoms with van der Waals surface area (Å²) in [7, 11) is 0. The summed E-state index contributed by atoms with van der Waals surface area (Å²) in [5.41, 5.74) is 0.797. The Bertz CT molecular complexity index is 1050.